The molecule has 0 saturated carbocycles. The fourth-order valence-corrected chi connectivity index (χ4v) is 4.70. The molecule has 118 valence electrons. The molecule has 0 amide bonds. The standard InChI is InChI=1S/C15H25N3O2S/c1-11-7-8-14(16)15(12(11)2)21(19,20)18(4)13-6-5-9-17(3)10-13/h7-8,13H,5-6,9-10,16H2,1-4H3. The molecule has 1 aliphatic heterocycles. The lowest BCUT2D eigenvalue weighted by atomic mass is 10.1. The zero-order valence-corrected chi connectivity index (χ0v) is 14.1. The number of nitrogens with two attached hydrogens (primary N) is 1. The fraction of sp³-hybridized carbons (Fsp3) is 0.600. The molecule has 0 bridgehead atoms. The van der Waals surface area contributed by atoms with E-state index in [0.29, 0.717) is 5.69 Å². The molecule has 1 saturated heterocycles. The number of likely N-dealkylation sites (N-methyl/N-ethyl adjacent to an activating group) is 2. The third-order valence-corrected chi connectivity index (χ3v) is 6.57. The number of benzene rings is 1. The van der Waals surface area contributed by atoms with Crippen molar-refractivity contribution in [3.63, 3.8) is 0 Å². The molecule has 0 aliphatic carbocycles. The van der Waals surface area contributed by atoms with Gasteiger partial charge in [-0.2, -0.15) is 4.31 Å². The highest BCUT2D eigenvalue weighted by molar-refractivity contribution is 7.89. The highest BCUT2D eigenvalue weighted by atomic mass is 32.2. The number of nitrogen functional groups attached to an aromatic ring is 1. The molecule has 2 N–H and O–H groups in total. The van der Waals surface area contributed by atoms with E-state index in [0.717, 1.165) is 37.1 Å². The summed E-state index contributed by atoms with van der Waals surface area (Å²) in [6.07, 6.45) is 1.91. The van der Waals surface area contributed by atoms with Crippen molar-refractivity contribution in [1.29, 1.82) is 0 Å². The third kappa shape index (κ3) is 3.07. The predicted molar refractivity (Wildman–Crippen MR) is 85.8 cm³/mol. The predicted octanol–water partition coefficient (Wildman–Crippen LogP) is 1.60. The van der Waals surface area contributed by atoms with E-state index in [1.807, 2.05) is 27.0 Å². The summed E-state index contributed by atoms with van der Waals surface area (Å²) in [6.45, 7) is 5.51. The van der Waals surface area contributed by atoms with Gasteiger partial charge in [-0.3, -0.25) is 0 Å². The Morgan fingerprint density at radius 3 is 2.62 bits per heavy atom. The second kappa shape index (κ2) is 5.94. The van der Waals surface area contributed by atoms with E-state index in [2.05, 4.69) is 4.90 Å². The smallest absolute Gasteiger partial charge is 0.245 e. The van der Waals surface area contributed by atoms with Crippen LogP contribution in [0.1, 0.15) is 24.0 Å². The van der Waals surface area contributed by atoms with Gasteiger partial charge in [-0.15, -0.1) is 0 Å². The first-order valence-corrected chi connectivity index (χ1v) is 8.71. The van der Waals surface area contributed by atoms with Crippen LogP contribution in [0.25, 0.3) is 0 Å². The molecule has 0 spiro atoms. The van der Waals surface area contributed by atoms with E-state index < -0.39 is 10.0 Å². The number of nitrogens with zero attached hydrogens (tertiary/aromatic N) is 2. The zero-order chi connectivity index (χ0) is 15.8. The van der Waals surface area contributed by atoms with E-state index in [1.54, 1.807) is 13.1 Å². The summed E-state index contributed by atoms with van der Waals surface area (Å²) >= 11 is 0. The fourth-order valence-electron chi connectivity index (χ4n) is 2.93. The maximum absolute atomic E-state index is 13.0. The molecule has 21 heavy (non-hydrogen) atoms. The van der Waals surface area contributed by atoms with Crippen LogP contribution in [0.2, 0.25) is 0 Å². The van der Waals surface area contributed by atoms with Crippen molar-refractivity contribution < 1.29 is 8.42 Å². The Morgan fingerprint density at radius 2 is 2.00 bits per heavy atom. The van der Waals surface area contributed by atoms with Gasteiger partial charge in [0.15, 0.2) is 0 Å². The molecule has 1 heterocycles. The average molecular weight is 311 g/mol. The summed E-state index contributed by atoms with van der Waals surface area (Å²) < 4.78 is 27.4. The average Bonchev–Trinajstić information content (AvgIpc) is 2.42. The maximum atomic E-state index is 13.0. The molecule has 1 atom stereocenters. The van der Waals surface area contributed by atoms with Crippen LogP contribution in [-0.4, -0.2) is 50.8 Å². The van der Waals surface area contributed by atoms with Gasteiger partial charge in [0.25, 0.3) is 0 Å². The van der Waals surface area contributed by atoms with Crippen LogP contribution < -0.4 is 5.73 Å². The van der Waals surface area contributed by atoms with Gasteiger partial charge in [0.2, 0.25) is 10.0 Å². The lowest BCUT2D eigenvalue weighted by molar-refractivity contribution is 0.187. The topological polar surface area (TPSA) is 66.6 Å². The lowest BCUT2D eigenvalue weighted by Crippen LogP contribution is -2.47. The zero-order valence-electron chi connectivity index (χ0n) is 13.3. The van der Waals surface area contributed by atoms with Crippen molar-refractivity contribution >= 4 is 15.7 Å². The highest BCUT2D eigenvalue weighted by Crippen LogP contribution is 2.30. The molecule has 0 radical (unpaired) electrons. The normalized spacial score (nSPS) is 20.9. The molecule has 1 unspecified atom stereocenters. The van der Waals surface area contributed by atoms with Crippen molar-refractivity contribution in [2.75, 3.05) is 32.9 Å². The Morgan fingerprint density at radius 1 is 1.33 bits per heavy atom. The lowest BCUT2D eigenvalue weighted by Gasteiger charge is -2.35. The molecule has 1 aromatic carbocycles. The molecule has 1 aromatic rings. The molecule has 1 fully saturated rings. The van der Waals surface area contributed by atoms with Gasteiger partial charge in [0.05, 0.1) is 5.69 Å². The van der Waals surface area contributed by atoms with Crippen LogP contribution in [0.5, 0.6) is 0 Å². The number of hydrogen-bond acceptors (Lipinski definition) is 4. The maximum Gasteiger partial charge on any atom is 0.245 e. The van der Waals surface area contributed by atoms with Crippen molar-refractivity contribution in [2.45, 2.75) is 37.6 Å². The Labute approximate surface area is 127 Å². The molecule has 2 rings (SSSR count). The number of likely N-dealkylation sites (tertiary alicyclic amines) is 1. The first-order chi connectivity index (χ1) is 9.75. The third-order valence-electron chi connectivity index (χ3n) is 4.46. The second-order valence-corrected chi connectivity index (χ2v) is 7.94. The molecule has 1 aliphatic rings. The Bertz CT molecular complexity index is 628. The summed E-state index contributed by atoms with van der Waals surface area (Å²) in [5.74, 6) is 0. The number of piperidine rings is 1. The number of rotatable bonds is 3. The molecule has 0 aromatic heterocycles. The van der Waals surface area contributed by atoms with Gasteiger partial charge in [-0.25, -0.2) is 8.42 Å². The van der Waals surface area contributed by atoms with Crippen LogP contribution in [-0.2, 0) is 10.0 Å². The van der Waals surface area contributed by atoms with E-state index in [4.69, 9.17) is 5.73 Å². The van der Waals surface area contributed by atoms with Gasteiger partial charge in [0, 0.05) is 19.6 Å². The van der Waals surface area contributed by atoms with E-state index in [1.165, 1.54) is 4.31 Å². The minimum Gasteiger partial charge on any atom is -0.398 e. The minimum atomic E-state index is -3.56. The summed E-state index contributed by atoms with van der Waals surface area (Å²) in [5, 5.41) is 0. The summed E-state index contributed by atoms with van der Waals surface area (Å²) in [7, 11) is 0.130. The highest BCUT2D eigenvalue weighted by Gasteiger charge is 2.32. The number of aryl methyl sites for hydroxylation is 1. The summed E-state index contributed by atoms with van der Waals surface area (Å²) in [5.41, 5.74) is 7.97. The molecular formula is C15H25N3O2S. The minimum absolute atomic E-state index is 0.00747. The van der Waals surface area contributed by atoms with Gasteiger partial charge < -0.3 is 10.6 Å². The number of hydrogen-bond donors (Lipinski definition) is 1. The van der Waals surface area contributed by atoms with Crippen molar-refractivity contribution in [3.05, 3.63) is 23.3 Å². The first-order valence-electron chi connectivity index (χ1n) is 7.27. The SMILES string of the molecule is Cc1ccc(N)c(S(=O)(=O)N(C)C2CCCN(C)C2)c1C. The van der Waals surface area contributed by atoms with Crippen molar-refractivity contribution in [2.24, 2.45) is 0 Å². The van der Waals surface area contributed by atoms with E-state index in [-0.39, 0.29) is 10.9 Å². The van der Waals surface area contributed by atoms with Gasteiger partial charge in [-0.1, -0.05) is 6.07 Å². The van der Waals surface area contributed by atoms with Crippen LogP contribution in [0.15, 0.2) is 17.0 Å². The van der Waals surface area contributed by atoms with Crippen LogP contribution in [0.3, 0.4) is 0 Å². The van der Waals surface area contributed by atoms with E-state index >= 15 is 0 Å². The quantitative estimate of drug-likeness (QED) is 0.861. The second-order valence-electron chi connectivity index (χ2n) is 6.01. The molecular weight excluding hydrogens is 286 g/mol. The van der Waals surface area contributed by atoms with E-state index in [9.17, 15) is 8.42 Å². The van der Waals surface area contributed by atoms with Crippen molar-refractivity contribution in [1.82, 2.24) is 9.21 Å². The number of anilines is 1. The monoisotopic (exact) mass is 311 g/mol. The summed E-state index contributed by atoms with van der Waals surface area (Å²) in [4.78, 5) is 2.44. The van der Waals surface area contributed by atoms with Gasteiger partial charge >= 0.3 is 0 Å². The molecule has 6 heteroatoms. The van der Waals surface area contributed by atoms with Gasteiger partial charge in [0.1, 0.15) is 4.90 Å². The van der Waals surface area contributed by atoms with Gasteiger partial charge in [-0.05, 0) is 57.5 Å². The Kier molecular flexibility index (Phi) is 4.60. The van der Waals surface area contributed by atoms with Crippen LogP contribution in [0, 0.1) is 13.8 Å². The molecule has 5 nitrogen and oxygen atoms in total. The first kappa shape index (κ1) is 16.3. The Balaban J connectivity index is 2.40. The summed E-state index contributed by atoms with van der Waals surface area (Å²) in [6, 6.07) is 3.54. The van der Waals surface area contributed by atoms with Crippen molar-refractivity contribution in [3.8, 4) is 0 Å². The Hall–Kier alpha value is -1.11. The van der Waals surface area contributed by atoms with Crippen LogP contribution >= 0.6 is 0 Å². The van der Waals surface area contributed by atoms with Crippen LogP contribution in [0.4, 0.5) is 5.69 Å². The number of sulfonamides is 1. The largest absolute Gasteiger partial charge is 0.398 e.